The average Bonchev–Trinajstić information content (AvgIpc) is 2.47. The molecule has 4 heteroatoms. The Bertz CT molecular complexity index is 566. The third-order valence-electron chi connectivity index (χ3n) is 3.27. The van der Waals surface area contributed by atoms with Crippen molar-refractivity contribution in [1.82, 2.24) is 4.98 Å². The van der Waals surface area contributed by atoms with Gasteiger partial charge in [0.1, 0.15) is 5.75 Å². The lowest BCUT2D eigenvalue weighted by molar-refractivity contribution is 0.177. The first kappa shape index (κ1) is 14.3. The van der Waals surface area contributed by atoms with Crippen LogP contribution in [0.4, 0.5) is 0 Å². The second kappa shape index (κ2) is 6.39. The molecule has 0 saturated heterocycles. The number of nitrogens with zero attached hydrogens (tertiary/aromatic N) is 1. The van der Waals surface area contributed by atoms with Crippen LogP contribution in [0.25, 0.3) is 0 Å². The minimum atomic E-state index is -0.559. The molecule has 1 aromatic carbocycles. The molecule has 0 saturated carbocycles. The SMILES string of the molecule is COc1ccc(C(O)Cc2ccc(OC)nc2)c(C)c1. The van der Waals surface area contributed by atoms with Crippen molar-refractivity contribution in [2.45, 2.75) is 19.4 Å². The highest BCUT2D eigenvalue weighted by atomic mass is 16.5. The Hall–Kier alpha value is -2.07. The first-order valence-corrected chi connectivity index (χ1v) is 6.45. The van der Waals surface area contributed by atoms with E-state index in [-0.39, 0.29) is 0 Å². The zero-order valence-corrected chi connectivity index (χ0v) is 12.0. The molecule has 20 heavy (non-hydrogen) atoms. The molecule has 0 amide bonds. The highest BCUT2D eigenvalue weighted by molar-refractivity contribution is 5.36. The summed E-state index contributed by atoms with van der Waals surface area (Å²) in [4.78, 5) is 4.14. The number of methoxy groups -OCH3 is 2. The number of aryl methyl sites for hydroxylation is 1. The van der Waals surface area contributed by atoms with Gasteiger partial charge in [0.05, 0.1) is 20.3 Å². The van der Waals surface area contributed by atoms with Gasteiger partial charge in [0, 0.05) is 18.7 Å². The number of ether oxygens (including phenoxy) is 2. The molecule has 0 aliphatic rings. The van der Waals surface area contributed by atoms with E-state index in [1.54, 1.807) is 26.5 Å². The minimum absolute atomic E-state index is 0.518. The van der Waals surface area contributed by atoms with E-state index in [0.29, 0.717) is 12.3 Å². The summed E-state index contributed by atoms with van der Waals surface area (Å²) >= 11 is 0. The summed E-state index contributed by atoms with van der Waals surface area (Å²) in [6.07, 6.45) is 1.68. The van der Waals surface area contributed by atoms with E-state index in [0.717, 1.165) is 22.4 Å². The van der Waals surface area contributed by atoms with Crippen molar-refractivity contribution >= 4 is 0 Å². The van der Waals surface area contributed by atoms with Gasteiger partial charge in [0.25, 0.3) is 0 Å². The van der Waals surface area contributed by atoms with Crippen LogP contribution in [0.1, 0.15) is 22.8 Å². The fourth-order valence-electron chi connectivity index (χ4n) is 2.13. The monoisotopic (exact) mass is 273 g/mol. The van der Waals surface area contributed by atoms with E-state index in [1.807, 2.05) is 31.2 Å². The highest BCUT2D eigenvalue weighted by Gasteiger charge is 2.12. The molecule has 1 atom stereocenters. The summed E-state index contributed by atoms with van der Waals surface area (Å²) in [5, 5.41) is 10.3. The van der Waals surface area contributed by atoms with Crippen LogP contribution in [0.3, 0.4) is 0 Å². The molecule has 0 fully saturated rings. The number of rotatable bonds is 5. The molecule has 1 aromatic heterocycles. The van der Waals surface area contributed by atoms with E-state index in [4.69, 9.17) is 9.47 Å². The first-order chi connectivity index (χ1) is 9.63. The summed E-state index contributed by atoms with van der Waals surface area (Å²) in [7, 11) is 3.21. The molecule has 0 spiro atoms. The van der Waals surface area contributed by atoms with Crippen molar-refractivity contribution in [2.75, 3.05) is 14.2 Å². The number of pyridine rings is 1. The van der Waals surface area contributed by atoms with Crippen LogP contribution < -0.4 is 9.47 Å². The zero-order chi connectivity index (χ0) is 14.5. The van der Waals surface area contributed by atoms with Crippen molar-refractivity contribution in [3.8, 4) is 11.6 Å². The maximum absolute atomic E-state index is 10.3. The van der Waals surface area contributed by atoms with Crippen molar-refractivity contribution in [2.24, 2.45) is 0 Å². The smallest absolute Gasteiger partial charge is 0.212 e. The second-order valence-electron chi connectivity index (χ2n) is 4.65. The number of hydrogen-bond acceptors (Lipinski definition) is 4. The standard InChI is InChI=1S/C16H19NO3/c1-11-8-13(19-2)5-6-14(11)15(18)9-12-4-7-16(20-3)17-10-12/h4-8,10,15,18H,9H2,1-3H3. The number of aromatic nitrogens is 1. The third-order valence-corrected chi connectivity index (χ3v) is 3.27. The van der Waals surface area contributed by atoms with Crippen LogP contribution in [-0.4, -0.2) is 24.3 Å². The Morgan fingerprint density at radius 3 is 2.50 bits per heavy atom. The van der Waals surface area contributed by atoms with Gasteiger partial charge in [0.2, 0.25) is 5.88 Å². The van der Waals surface area contributed by atoms with Crippen LogP contribution in [0.2, 0.25) is 0 Å². The van der Waals surface area contributed by atoms with Crippen molar-refractivity contribution in [3.05, 3.63) is 53.2 Å². The summed E-state index contributed by atoms with van der Waals surface area (Å²) in [6, 6.07) is 9.38. The maximum Gasteiger partial charge on any atom is 0.212 e. The summed E-state index contributed by atoms with van der Waals surface area (Å²) in [6.45, 7) is 1.97. The van der Waals surface area contributed by atoms with Gasteiger partial charge in [0.15, 0.2) is 0 Å². The van der Waals surface area contributed by atoms with Crippen LogP contribution in [0.15, 0.2) is 36.5 Å². The fourth-order valence-corrected chi connectivity index (χ4v) is 2.13. The van der Waals surface area contributed by atoms with Crippen LogP contribution >= 0.6 is 0 Å². The molecule has 0 radical (unpaired) electrons. The number of aliphatic hydroxyl groups is 1. The molecule has 1 unspecified atom stereocenters. The number of hydrogen-bond donors (Lipinski definition) is 1. The molecule has 106 valence electrons. The molecular weight excluding hydrogens is 254 g/mol. The Balaban J connectivity index is 2.12. The topological polar surface area (TPSA) is 51.6 Å². The van der Waals surface area contributed by atoms with Crippen LogP contribution in [0, 0.1) is 6.92 Å². The van der Waals surface area contributed by atoms with E-state index < -0.39 is 6.10 Å². The molecule has 1 N–H and O–H groups in total. The molecule has 2 aromatic rings. The van der Waals surface area contributed by atoms with Crippen LogP contribution in [0.5, 0.6) is 11.6 Å². The minimum Gasteiger partial charge on any atom is -0.497 e. The van der Waals surface area contributed by atoms with Gasteiger partial charge in [-0.3, -0.25) is 0 Å². The maximum atomic E-state index is 10.3. The Morgan fingerprint density at radius 2 is 1.95 bits per heavy atom. The third kappa shape index (κ3) is 3.27. The van der Waals surface area contributed by atoms with Gasteiger partial charge < -0.3 is 14.6 Å². The zero-order valence-electron chi connectivity index (χ0n) is 12.0. The highest BCUT2D eigenvalue weighted by Crippen LogP contribution is 2.25. The molecule has 2 rings (SSSR count). The van der Waals surface area contributed by atoms with Gasteiger partial charge >= 0.3 is 0 Å². The van der Waals surface area contributed by atoms with Crippen molar-refractivity contribution in [3.63, 3.8) is 0 Å². The second-order valence-corrected chi connectivity index (χ2v) is 4.65. The van der Waals surface area contributed by atoms with Crippen molar-refractivity contribution in [1.29, 1.82) is 0 Å². The van der Waals surface area contributed by atoms with Crippen molar-refractivity contribution < 1.29 is 14.6 Å². The Morgan fingerprint density at radius 1 is 1.15 bits per heavy atom. The molecule has 4 nitrogen and oxygen atoms in total. The number of benzene rings is 1. The van der Waals surface area contributed by atoms with E-state index in [1.165, 1.54) is 0 Å². The Labute approximate surface area is 119 Å². The van der Waals surface area contributed by atoms with Gasteiger partial charge in [-0.25, -0.2) is 4.98 Å². The normalized spacial score (nSPS) is 12.0. The molecular formula is C16H19NO3. The van der Waals surface area contributed by atoms with Gasteiger partial charge in [-0.1, -0.05) is 12.1 Å². The molecule has 0 bridgehead atoms. The predicted octanol–water partition coefficient (Wildman–Crippen LogP) is 2.68. The summed E-state index contributed by atoms with van der Waals surface area (Å²) in [5.74, 6) is 1.37. The molecule has 0 aliphatic carbocycles. The summed E-state index contributed by atoms with van der Waals surface area (Å²) < 4.78 is 10.2. The average molecular weight is 273 g/mol. The molecule has 0 aliphatic heterocycles. The largest absolute Gasteiger partial charge is 0.497 e. The van der Waals surface area contributed by atoms with Gasteiger partial charge in [-0.15, -0.1) is 0 Å². The lowest BCUT2D eigenvalue weighted by atomic mass is 9.98. The molecule has 1 heterocycles. The summed E-state index contributed by atoms with van der Waals surface area (Å²) in [5.41, 5.74) is 2.88. The fraction of sp³-hybridized carbons (Fsp3) is 0.312. The lowest BCUT2D eigenvalue weighted by Gasteiger charge is -2.14. The Kier molecular flexibility index (Phi) is 4.58. The van der Waals surface area contributed by atoms with Gasteiger partial charge in [-0.05, 0) is 35.7 Å². The van der Waals surface area contributed by atoms with E-state index >= 15 is 0 Å². The van der Waals surface area contributed by atoms with E-state index in [9.17, 15) is 5.11 Å². The lowest BCUT2D eigenvalue weighted by Crippen LogP contribution is -2.04. The first-order valence-electron chi connectivity index (χ1n) is 6.45. The predicted molar refractivity (Wildman–Crippen MR) is 77.2 cm³/mol. The van der Waals surface area contributed by atoms with Gasteiger partial charge in [-0.2, -0.15) is 0 Å². The quantitative estimate of drug-likeness (QED) is 0.910. The van der Waals surface area contributed by atoms with E-state index in [2.05, 4.69) is 4.98 Å². The van der Waals surface area contributed by atoms with Crippen LogP contribution in [-0.2, 0) is 6.42 Å². The number of aliphatic hydroxyl groups excluding tert-OH is 1.